The van der Waals surface area contributed by atoms with Crippen molar-refractivity contribution in [3.8, 4) is 5.75 Å². The fourth-order valence-electron chi connectivity index (χ4n) is 2.50. The molecule has 0 amide bonds. The zero-order valence-corrected chi connectivity index (χ0v) is 13.4. The molecule has 10 heteroatoms. The van der Waals surface area contributed by atoms with Gasteiger partial charge in [0.2, 0.25) is 0 Å². The molecule has 0 atom stereocenters. The van der Waals surface area contributed by atoms with Crippen LogP contribution in [-0.4, -0.2) is 26.3 Å². The number of halogens is 3. The second-order valence-electron chi connectivity index (χ2n) is 5.37. The first-order valence-electron chi connectivity index (χ1n) is 7.40. The van der Waals surface area contributed by atoms with Crippen molar-refractivity contribution in [2.45, 2.75) is 19.8 Å². The maximum atomic E-state index is 12.5. The SMILES string of the molecule is Cc1ncnc2c1c(NCc1ccccc1OC(F)(F)F)cc(=O)n2O. The second kappa shape index (κ2) is 6.54. The van der Waals surface area contributed by atoms with Gasteiger partial charge >= 0.3 is 6.36 Å². The molecule has 0 bridgehead atoms. The van der Waals surface area contributed by atoms with E-state index >= 15 is 0 Å². The van der Waals surface area contributed by atoms with Gasteiger partial charge in [-0.3, -0.25) is 4.79 Å². The highest BCUT2D eigenvalue weighted by Crippen LogP contribution is 2.28. The number of benzene rings is 1. The van der Waals surface area contributed by atoms with Crippen LogP contribution in [0.15, 0.2) is 41.5 Å². The van der Waals surface area contributed by atoms with Crippen LogP contribution in [0.1, 0.15) is 11.3 Å². The molecule has 0 aliphatic rings. The Hall–Kier alpha value is -3.30. The summed E-state index contributed by atoms with van der Waals surface area (Å²) in [6.45, 7) is 1.60. The zero-order chi connectivity index (χ0) is 18.9. The molecule has 136 valence electrons. The predicted octanol–water partition coefficient (Wildman–Crippen LogP) is 2.85. The van der Waals surface area contributed by atoms with Crippen LogP contribution in [0.5, 0.6) is 5.75 Å². The Labute approximate surface area is 144 Å². The Morgan fingerprint density at radius 3 is 2.73 bits per heavy atom. The summed E-state index contributed by atoms with van der Waals surface area (Å²) in [6, 6.07) is 6.77. The van der Waals surface area contributed by atoms with Crippen LogP contribution in [0.25, 0.3) is 11.0 Å². The van der Waals surface area contributed by atoms with E-state index in [1.165, 1.54) is 24.5 Å². The summed E-state index contributed by atoms with van der Waals surface area (Å²) in [5.41, 5.74) is 0.265. The van der Waals surface area contributed by atoms with E-state index < -0.39 is 11.9 Å². The number of hydrogen-bond donors (Lipinski definition) is 2. The molecule has 0 spiro atoms. The first-order valence-corrected chi connectivity index (χ1v) is 7.40. The topological polar surface area (TPSA) is 89.3 Å². The molecule has 2 N–H and O–H groups in total. The quantitative estimate of drug-likeness (QED) is 0.690. The summed E-state index contributed by atoms with van der Waals surface area (Å²) >= 11 is 0. The Bertz CT molecular complexity index is 1020. The molecule has 2 heterocycles. The Balaban J connectivity index is 1.97. The lowest BCUT2D eigenvalue weighted by Crippen LogP contribution is -2.20. The molecule has 1 aromatic carbocycles. The van der Waals surface area contributed by atoms with Crippen molar-refractivity contribution in [3.05, 3.63) is 58.3 Å². The first kappa shape index (κ1) is 17.5. The summed E-state index contributed by atoms with van der Waals surface area (Å²) in [4.78, 5) is 19.8. The summed E-state index contributed by atoms with van der Waals surface area (Å²) in [5.74, 6) is -0.347. The van der Waals surface area contributed by atoms with E-state index in [0.29, 0.717) is 15.8 Å². The summed E-state index contributed by atoms with van der Waals surface area (Å²) in [6.07, 6.45) is -3.62. The number of para-hydroxylation sites is 1. The predicted molar refractivity (Wildman–Crippen MR) is 86.2 cm³/mol. The second-order valence-corrected chi connectivity index (χ2v) is 5.37. The van der Waals surface area contributed by atoms with Crippen LogP contribution in [0.4, 0.5) is 18.9 Å². The van der Waals surface area contributed by atoms with Crippen molar-refractivity contribution < 1.29 is 23.1 Å². The molecule has 7 nitrogen and oxygen atoms in total. The maximum absolute atomic E-state index is 12.5. The van der Waals surface area contributed by atoms with E-state index in [-0.39, 0.29) is 29.2 Å². The normalized spacial score (nSPS) is 11.5. The van der Waals surface area contributed by atoms with Crippen molar-refractivity contribution in [1.82, 2.24) is 14.7 Å². The largest absolute Gasteiger partial charge is 0.573 e. The Morgan fingerprint density at radius 2 is 2.00 bits per heavy atom. The minimum Gasteiger partial charge on any atom is -0.423 e. The number of aromatic nitrogens is 3. The minimum atomic E-state index is -4.81. The highest BCUT2D eigenvalue weighted by atomic mass is 19.4. The molecule has 3 rings (SSSR count). The van der Waals surface area contributed by atoms with E-state index in [1.807, 2.05) is 0 Å². The van der Waals surface area contributed by atoms with Gasteiger partial charge in [0.15, 0.2) is 5.65 Å². The summed E-state index contributed by atoms with van der Waals surface area (Å²) in [7, 11) is 0. The van der Waals surface area contributed by atoms with Crippen LogP contribution >= 0.6 is 0 Å². The maximum Gasteiger partial charge on any atom is 0.573 e. The number of alkyl halides is 3. The van der Waals surface area contributed by atoms with Crippen LogP contribution in [0.3, 0.4) is 0 Å². The number of pyridine rings is 1. The number of anilines is 1. The van der Waals surface area contributed by atoms with Gasteiger partial charge in [-0.2, -0.15) is 0 Å². The molecule has 0 aliphatic carbocycles. The third-order valence-corrected chi connectivity index (χ3v) is 3.63. The third kappa shape index (κ3) is 3.53. The average molecular weight is 366 g/mol. The Kier molecular flexibility index (Phi) is 4.41. The lowest BCUT2D eigenvalue weighted by molar-refractivity contribution is -0.274. The lowest BCUT2D eigenvalue weighted by Gasteiger charge is -2.15. The van der Waals surface area contributed by atoms with Crippen molar-refractivity contribution in [1.29, 1.82) is 0 Å². The van der Waals surface area contributed by atoms with E-state index in [0.717, 1.165) is 6.07 Å². The highest BCUT2D eigenvalue weighted by Gasteiger charge is 2.31. The molecule has 26 heavy (non-hydrogen) atoms. The van der Waals surface area contributed by atoms with Crippen LogP contribution in [0.2, 0.25) is 0 Å². The first-order chi connectivity index (χ1) is 12.3. The molecule has 0 saturated carbocycles. The summed E-state index contributed by atoms with van der Waals surface area (Å²) in [5, 5.41) is 13.1. The van der Waals surface area contributed by atoms with Crippen LogP contribution in [-0.2, 0) is 6.54 Å². The van der Waals surface area contributed by atoms with E-state index in [9.17, 15) is 23.2 Å². The summed E-state index contributed by atoms with van der Waals surface area (Å²) < 4.78 is 41.9. The van der Waals surface area contributed by atoms with Gasteiger partial charge in [-0.1, -0.05) is 18.2 Å². The van der Waals surface area contributed by atoms with E-state index in [2.05, 4.69) is 20.0 Å². The van der Waals surface area contributed by atoms with Gasteiger partial charge in [0.25, 0.3) is 5.56 Å². The fourth-order valence-corrected chi connectivity index (χ4v) is 2.50. The number of aryl methyl sites for hydroxylation is 1. The zero-order valence-electron chi connectivity index (χ0n) is 13.4. The molecule has 2 aromatic heterocycles. The van der Waals surface area contributed by atoms with Gasteiger partial charge in [-0.05, 0) is 13.0 Å². The monoisotopic (exact) mass is 366 g/mol. The standard InChI is InChI=1S/C16H13F3N4O3/c1-9-14-11(6-13(24)23(25)15(14)22-8-21-9)20-7-10-4-2-3-5-12(10)26-16(17,18)19/h2-6,8,20,25H,7H2,1H3. The molecular formula is C16H13F3N4O3. The molecule has 3 aromatic rings. The number of nitrogens with zero attached hydrogens (tertiary/aromatic N) is 3. The van der Waals surface area contributed by atoms with Gasteiger partial charge in [0, 0.05) is 18.2 Å². The lowest BCUT2D eigenvalue weighted by atomic mass is 10.1. The van der Waals surface area contributed by atoms with Crippen molar-refractivity contribution in [2.75, 3.05) is 5.32 Å². The smallest absolute Gasteiger partial charge is 0.423 e. The van der Waals surface area contributed by atoms with Gasteiger partial charge in [0.1, 0.15) is 12.1 Å². The molecular weight excluding hydrogens is 353 g/mol. The van der Waals surface area contributed by atoms with E-state index in [1.54, 1.807) is 13.0 Å². The number of nitrogens with one attached hydrogen (secondary N) is 1. The van der Waals surface area contributed by atoms with Crippen LogP contribution < -0.4 is 15.6 Å². The molecule has 0 unspecified atom stereocenters. The van der Waals surface area contributed by atoms with Crippen molar-refractivity contribution in [3.63, 3.8) is 0 Å². The number of hydrogen-bond acceptors (Lipinski definition) is 6. The van der Waals surface area contributed by atoms with Crippen molar-refractivity contribution in [2.24, 2.45) is 0 Å². The molecule has 0 saturated heterocycles. The van der Waals surface area contributed by atoms with Crippen molar-refractivity contribution >= 4 is 16.7 Å². The van der Waals surface area contributed by atoms with Crippen LogP contribution in [0, 0.1) is 6.92 Å². The number of fused-ring (bicyclic) bond motifs is 1. The molecule has 0 fully saturated rings. The van der Waals surface area contributed by atoms with Gasteiger partial charge in [-0.25, -0.2) is 9.97 Å². The van der Waals surface area contributed by atoms with Gasteiger partial charge in [-0.15, -0.1) is 17.9 Å². The number of ether oxygens (including phenoxy) is 1. The highest BCUT2D eigenvalue weighted by molar-refractivity contribution is 5.90. The van der Waals surface area contributed by atoms with E-state index in [4.69, 9.17) is 0 Å². The van der Waals surface area contributed by atoms with Gasteiger partial charge in [0.05, 0.1) is 16.8 Å². The van der Waals surface area contributed by atoms with Gasteiger partial charge < -0.3 is 15.3 Å². The third-order valence-electron chi connectivity index (χ3n) is 3.63. The fraction of sp³-hybridized carbons (Fsp3) is 0.188. The Morgan fingerprint density at radius 1 is 1.27 bits per heavy atom. The average Bonchev–Trinajstić information content (AvgIpc) is 2.57. The number of rotatable bonds is 4. The molecule has 0 aliphatic heterocycles. The molecule has 0 radical (unpaired) electrons. The minimum absolute atomic E-state index is 0.00710.